The standard InChI is InChI=1S/C15H21F2NO2/c1-10(2)15(3,20)9-18-13(19)8-7-11-5-4-6-12(16)14(11)17/h4-6,10,20H,7-9H2,1-3H3,(H,18,19). The first-order valence-electron chi connectivity index (χ1n) is 6.66. The molecule has 0 saturated heterocycles. The van der Waals surface area contributed by atoms with Crippen LogP contribution in [0.5, 0.6) is 0 Å². The van der Waals surface area contributed by atoms with Crippen LogP contribution in [-0.4, -0.2) is 23.2 Å². The van der Waals surface area contributed by atoms with Crippen molar-refractivity contribution in [2.75, 3.05) is 6.54 Å². The van der Waals surface area contributed by atoms with Gasteiger partial charge in [0.25, 0.3) is 0 Å². The molecule has 1 amide bonds. The number of carbonyl (C=O) groups is 1. The molecule has 3 nitrogen and oxygen atoms in total. The van der Waals surface area contributed by atoms with E-state index in [1.54, 1.807) is 6.92 Å². The van der Waals surface area contributed by atoms with Crippen molar-refractivity contribution < 1.29 is 18.7 Å². The molecular weight excluding hydrogens is 264 g/mol. The number of rotatable bonds is 6. The van der Waals surface area contributed by atoms with Crippen molar-refractivity contribution >= 4 is 5.91 Å². The SMILES string of the molecule is CC(C)C(C)(O)CNC(=O)CCc1cccc(F)c1F. The van der Waals surface area contributed by atoms with Gasteiger partial charge in [-0.15, -0.1) is 0 Å². The zero-order valence-corrected chi connectivity index (χ0v) is 12.0. The Labute approximate surface area is 118 Å². The van der Waals surface area contributed by atoms with Crippen LogP contribution in [0.1, 0.15) is 32.8 Å². The summed E-state index contributed by atoms with van der Waals surface area (Å²) >= 11 is 0. The Morgan fingerprint density at radius 2 is 2.05 bits per heavy atom. The molecule has 0 aliphatic heterocycles. The topological polar surface area (TPSA) is 49.3 Å². The number of hydrogen-bond acceptors (Lipinski definition) is 2. The molecule has 1 rings (SSSR count). The first kappa shape index (κ1) is 16.6. The van der Waals surface area contributed by atoms with E-state index in [9.17, 15) is 18.7 Å². The summed E-state index contributed by atoms with van der Waals surface area (Å²) in [4.78, 5) is 11.6. The zero-order valence-electron chi connectivity index (χ0n) is 12.0. The van der Waals surface area contributed by atoms with Crippen LogP contribution < -0.4 is 5.32 Å². The van der Waals surface area contributed by atoms with Gasteiger partial charge in [-0.2, -0.15) is 0 Å². The van der Waals surface area contributed by atoms with Gasteiger partial charge in [-0.05, 0) is 30.9 Å². The highest BCUT2D eigenvalue weighted by atomic mass is 19.2. The quantitative estimate of drug-likeness (QED) is 0.843. The van der Waals surface area contributed by atoms with Crippen molar-refractivity contribution in [3.05, 3.63) is 35.4 Å². The number of nitrogens with one attached hydrogen (secondary N) is 1. The van der Waals surface area contributed by atoms with E-state index in [0.29, 0.717) is 0 Å². The number of aliphatic hydroxyl groups is 1. The van der Waals surface area contributed by atoms with Gasteiger partial charge in [-0.25, -0.2) is 8.78 Å². The molecule has 5 heteroatoms. The summed E-state index contributed by atoms with van der Waals surface area (Å²) in [6.07, 6.45) is 0.174. The minimum atomic E-state index is -0.986. The van der Waals surface area contributed by atoms with Crippen LogP contribution in [0.2, 0.25) is 0 Å². The molecule has 0 radical (unpaired) electrons. The molecular formula is C15H21F2NO2. The van der Waals surface area contributed by atoms with E-state index >= 15 is 0 Å². The molecule has 0 bridgehead atoms. The molecule has 1 unspecified atom stereocenters. The van der Waals surface area contributed by atoms with Crippen molar-refractivity contribution in [1.82, 2.24) is 5.32 Å². The fraction of sp³-hybridized carbons (Fsp3) is 0.533. The molecule has 1 aromatic rings. The number of benzene rings is 1. The van der Waals surface area contributed by atoms with Gasteiger partial charge >= 0.3 is 0 Å². The van der Waals surface area contributed by atoms with Gasteiger partial charge in [0.1, 0.15) is 0 Å². The molecule has 112 valence electrons. The normalized spacial score (nSPS) is 14.2. The molecule has 2 N–H and O–H groups in total. The van der Waals surface area contributed by atoms with Gasteiger partial charge in [0.05, 0.1) is 5.60 Å². The molecule has 0 saturated carbocycles. The number of aryl methyl sites for hydroxylation is 1. The molecule has 1 atom stereocenters. The lowest BCUT2D eigenvalue weighted by atomic mass is 9.92. The van der Waals surface area contributed by atoms with E-state index in [-0.39, 0.29) is 36.8 Å². The summed E-state index contributed by atoms with van der Waals surface area (Å²) in [6, 6.07) is 3.91. The second kappa shape index (κ2) is 6.79. The lowest BCUT2D eigenvalue weighted by Gasteiger charge is -2.27. The molecule has 0 spiro atoms. The van der Waals surface area contributed by atoms with Crippen LogP contribution in [0.4, 0.5) is 8.78 Å². The largest absolute Gasteiger partial charge is 0.388 e. The van der Waals surface area contributed by atoms with Crippen molar-refractivity contribution in [1.29, 1.82) is 0 Å². The van der Waals surface area contributed by atoms with Gasteiger partial charge in [-0.1, -0.05) is 26.0 Å². The highest BCUT2D eigenvalue weighted by Crippen LogP contribution is 2.15. The summed E-state index contributed by atoms with van der Waals surface area (Å²) in [5.41, 5.74) is -0.810. The third kappa shape index (κ3) is 4.56. The minimum absolute atomic E-state index is 0.00321. The average Bonchev–Trinajstić information content (AvgIpc) is 2.38. The first-order valence-corrected chi connectivity index (χ1v) is 6.66. The van der Waals surface area contributed by atoms with Gasteiger partial charge in [-0.3, -0.25) is 4.79 Å². The monoisotopic (exact) mass is 285 g/mol. The van der Waals surface area contributed by atoms with E-state index in [1.165, 1.54) is 12.1 Å². The Balaban J connectivity index is 2.46. The van der Waals surface area contributed by atoms with Crippen molar-refractivity contribution in [3.8, 4) is 0 Å². The fourth-order valence-corrected chi connectivity index (χ4v) is 1.56. The predicted molar refractivity (Wildman–Crippen MR) is 73.2 cm³/mol. The van der Waals surface area contributed by atoms with Crippen LogP contribution in [0.15, 0.2) is 18.2 Å². The second-order valence-corrected chi connectivity index (χ2v) is 5.50. The summed E-state index contributed by atoms with van der Waals surface area (Å²) in [5, 5.41) is 12.6. The molecule has 0 aliphatic carbocycles. The summed E-state index contributed by atoms with van der Waals surface area (Å²) in [6.45, 7) is 5.49. The maximum atomic E-state index is 13.4. The molecule has 0 heterocycles. The zero-order chi connectivity index (χ0) is 15.3. The van der Waals surface area contributed by atoms with Gasteiger partial charge in [0.15, 0.2) is 11.6 Å². The summed E-state index contributed by atoms with van der Waals surface area (Å²) in [7, 11) is 0. The van der Waals surface area contributed by atoms with Crippen LogP contribution in [0.25, 0.3) is 0 Å². The van der Waals surface area contributed by atoms with Crippen molar-refractivity contribution in [3.63, 3.8) is 0 Å². The Bertz CT molecular complexity index is 473. The lowest BCUT2D eigenvalue weighted by molar-refractivity contribution is -0.122. The first-order chi connectivity index (χ1) is 9.24. The Hall–Kier alpha value is -1.49. The molecule has 1 aromatic carbocycles. The fourth-order valence-electron chi connectivity index (χ4n) is 1.56. The maximum Gasteiger partial charge on any atom is 0.220 e. The third-order valence-corrected chi connectivity index (χ3v) is 3.54. The smallest absolute Gasteiger partial charge is 0.220 e. The number of hydrogen-bond donors (Lipinski definition) is 2. The molecule has 0 fully saturated rings. The average molecular weight is 285 g/mol. The third-order valence-electron chi connectivity index (χ3n) is 3.54. The van der Waals surface area contributed by atoms with Crippen LogP contribution in [0.3, 0.4) is 0 Å². The van der Waals surface area contributed by atoms with Crippen molar-refractivity contribution in [2.24, 2.45) is 5.92 Å². The van der Waals surface area contributed by atoms with E-state index in [1.807, 2.05) is 13.8 Å². The van der Waals surface area contributed by atoms with Crippen molar-refractivity contribution in [2.45, 2.75) is 39.2 Å². The summed E-state index contributed by atoms with van der Waals surface area (Å²) < 4.78 is 26.4. The highest BCUT2D eigenvalue weighted by molar-refractivity contribution is 5.76. The van der Waals surface area contributed by atoms with Crippen LogP contribution >= 0.6 is 0 Å². The van der Waals surface area contributed by atoms with E-state index in [4.69, 9.17) is 0 Å². The molecule has 0 aliphatic rings. The number of amides is 1. The predicted octanol–water partition coefficient (Wildman–Crippen LogP) is 2.42. The van der Waals surface area contributed by atoms with Gasteiger partial charge < -0.3 is 10.4 Å². The van der Waals surface area contributed by atoms with Gasteiger partial charge in [0.2, 0.25) is 5.91 Å². The Kier molecular flexibility index (Phi) is 5.62. The van der Waals surface area contributed by atoms with Crippen LogP contribution in [-0.2, 0) is 11.2 Å². The van der Waals surface area contributed by atoms with E-state index in [0.717, 1.165) is 6.07 Å². The number of carbonyl (C=O) groups excluding carboxylic acids is 1. The number of halogens is 2. The maximum absolute atomic E-state index is 13.4. The molecule has 0 aromatic heterocycles. The van der Waals surface area contributed by atoms with Gasteiger partial charge in [0, 0.05) is 13.0 Å². The van der Waals surface area contributed by atoms with E-state index < -0.39 is 17.2 Å². The Morgan fingerprint density at radius 1 is 1.40 bits per heavy atom. The van der Waals surface area contributed by atoms with E-state index in [2.05, 4.69) is 5.32 Å². The Morgan fingerprint density at radius 3 is 2.65 bits per heavy atom. The summed E-state index contributed by atoms with van der Waals surface area (Å²) in [5.74, 6) is -2.11. The second-order valence-electron chi connectivity index (χ2n) is 5.50. The minimum Gasteiger partial charge on any atom is -0.388 e. The molecule has 20 heavy (non-hydrogen) atoms. The highest BCUT2D eigenvalue weighted by Gasteiger charge is 2.25. The van der Waals surface area contributed by atoms with Crippen LogP contribution in [0, 0.1) is 17.6 Å². The lowest BCUT2D eigenvalue weighted by Crippen LogP contribution is -2.44.